The topological polar surface area (TPSA) is 97.1 Å². The Kier molecular flexibility index (Phi) is 6.05. The van der Waals surface area contributed by atoms with Crippen molar-refractivity contribution in [2.24, 2.45) is 11.7 Å². The lowest BCUT2D eigenvalue weighted by Gasteiger charge is -2.12. The van der Waals surface area contributed by atoms with Crippen LogP contribution < -0.4 is 16.4 Å². The molecule has 1 atom stereocenters. The molecule has 1 aromatic carbocycles. The predicted octanol–water partition coefficient (Wildman–Crippen LogP) is 3.08. The Morgan fingerprint density at radius 3 is 2.46 bits per heavy atom. The van der Waals surface area contributed by atoms with E-state index in [1.807, 2.05) is 43.5 Å². The van der Waals surface area contributed by atoms with Crippen molar-refractivity contribution in [3.05, 3.63) is 29.6 Å². The molecule has 0 bridgehead atoms. The van der Waals surface area contributed by atoms with Crippen LogP contribution in [-0.4, -0.2) is 22.8 Å². The summed E-state index contributed by atoms with van der Waals surface area (Å²) in [5.41, 5.74) is 8.28. The first-order valence-corrected chi connectivity index (χ1v) is 8.63. The normalized spacial score (nSPS) is 12.0. The minimum absolute atomic E-state index is 0.112. The number of aromatic nitrogens is 1. The minimum atomic E-state index is -0.533. The molecule has 6 nitrogen and oxygen atoms in total. The van der Waals surface area contributed by atoms with E-state index in [-0.39, 0.29) is 11.8 Å². The fourth-order valence-corrected chi connectivity index (χ4v) is 2.93. The van der Waals surface area contributed by atoms with E-state index in [2.05, 4.69) is 15.6 Å². The van der Waals surface area contributed by atoms with Gasteiger partial charge in [-0.05, 0) is 24.5 Å². The fourth-order valence-electron chi connectivity index (χ4n) is 2.20. The van der Waals surface area contributed by atoms with Crippen molar-refractivity contribution < 1.29 is 9.59 Å². The Hall–Kier alpha value is -2.25. The fraction of sp³-hybridized carbons (Fsp3) is 0.353. The molecule has 0 saturated carbocycles. The largest absolute Gasteiger partial charge is 0.326 e. The van der Waals surface area contributed by atoms with Gasteiger partial charge in [-0.1, -0.05) is 26.0 Å². The Morgan fingerprint density at radius 2 is 1.88 bits per heavy atom. The number of nitrogens with one attached hydrogen (secondary N) is 2. The number of hydrogen-bond donors (Lipinski definition) is 3. The summed E-state index contributed by atoms with van der Waals surface area (Å²) in [5, 5.41) is 7.88. The summed E-state index contributed by atoms with van der Waals surface area (Å²) in [6.07, 6.45) is 0.634. The van der Waals surface area contributed by atoms with Gasteiger partial charge in [-0.2, -0.15) is 0 Å². The summed E-state index contributed by atoms with van der Waals surface area (Å²) in [7, 11) is 0. The van der Waals surface area contributed by atoms with Crippen LogP contribution in [0.3, 0.4) is 0 Å². The van der Waals surface area contributed by atoms with E-state index in [1.165, 1.54) is 18.3 Å². The Labute approximate surface area is 145 Å². The molecule has 1 heterocycles. The Balaban J connectivity index is 2.02. The molecule has 0 saturated heterocycles. The van der Waals surface area contributed by atoms with Crippen LogP contribution in [0.1, 0.15) is 27.2 Å². The van der Waals surface area contributed by atoms with Gasteiger partial charge in [0.2, 0.25) is 11.8 Å². The van der Waals surface area contributed by atoms with Gasteiger partial charge in [0.1, 0.15) is 0 Å². The van der Waals surface area contributed by atoms with E-state index < -0.39 is 6.04 Å². The van der Waals surface area contributed by atoms with Gasteiger partial charge >= 0.3 is 0 Å². The average molecular weight is 346 g/mol. The standard InChI is InChI=1S/C17H22N4O2S/c1-10(2)8-14(18)16(23)21-17-20-15(9-24-17)12-4-6-13(7-5-12)19-11(3)22/h4-7,9-10,14H,8,18H2,1-3H3,(H,19,22)(H,20,21,23)/t14-/m0/s1. The number of nitrogens with two attached hydrogens (primary N) is 1. The van der Waals surface area contributed by atoms with Gasteiger partial charge in [0.05, 0.1) is 11.7 Å². The molecule has 0 radical (unpaired) electrons. The summed E-state index contributed by atoms with van der Waals surface area (Å²) in [4.78, 5) is 27.5. The summed E-state index contributed by atoms with van der Waals surface area (Å²) in [6.45, 7) is 5.52. The molecule has 0 aliphatic carbocycles. The maximum atomic E-state index is 12.0. The number of amides is 2. The highest BCUT2D eigenvalue weighted by atomic mass is 32.1. The smallest absolute Gasteiger partial charge is 0.243 e. The molecule has 24 heavy (non-hydrogen) atoms. The quantitative estimate of drug-likeness (QED) is 0.749. The zero-order valence-electron chi connectivity index (χ0n) is 14.0. The number of carbonyl (C=O) groups excluding carboxylic acids is 2. The number of anilines is 2. The van der Waals surface area contributed by atoms with E-state index in [9.17, 15) is 9.59 Å². The molecule has 0 spiro atoms. The third-order valence-corrected chi connectivity index (χ3v) is 4.06. The SMILES string of the molecule is CC(=O)Nc1ccc(-c2csc(NC(=O)[C@@H](N)CC(C)C)n2)cc1. The zero-order valence-corrected chi connectivity index (χ0v) is 14.8. The molecule has 0 fully saturated rings. The summed E-state index contributed by atoms with van der Waals surface area (Å²) in [5.74, 6) is 0.0319. The van der Waals surface area contributed by atoms with Gasteiger partial charge in [-0.3, -0.25) is 9.59 Å². The second kappa shape index (κ2) is 8.03. The first-order valence-electron chi connectivity index (χ1n) is 7.75. The molecule has 2 amide bonds. The molecule has 1 aromatic heterocycles. The van der Waals surface area contributed by atoms with Crippen LogP contribution in [0, 0.1) is 5.92 Å². The Morgan fingerprint density at radius 1 is 1.21 bits per heavy atom. The average Bonchev–Trinajstić information content (AvgIpc) is 2.95. The highest BCUT2D eigenvalue weighted by Gasteiger charge is 2.16. The molecule has 2 aromatic rings. The number of hydrogen-bond acceptors (Lipinski definition) is 5. The molecule has 0 unspecified atom stereocenters. The van der Waals surface area contributed by atoms with E-state index in [4.69, 9.17) is 5.73 Å². The van der Waals surface area contributed by atoms with E-state index >= 15 is 0 Å². The molecular formula is C17H22N4O2S. The van der Waals surface area contributed by atoms with Crippen LogP contribution in [0.25, 0.3) is 11.3 Å². The molecular weight excluding hydrogens is 324 g/mol. The highest BCUT2D eigenvalue weighted by Crippen LogP contribution is 2.26. The van der Waals surface area contributed by atoms with Crippen molar-refractivity contribution in [1.82, 2.24) is 4.98 Å². The van der Waals surface area contributed by atoms with Crippen molar-refractivity contribution in [2.75, 3.05) is 10.6 Å². The van der Waals surface area contributed by atoms with Gasteiger partial charge in [0.25, 0.3) is 0 Å². The van der Waals surface area contributed by atoms with Crippen LogP contribution in [0.15, 0.2) is 29.6 Å². The van der Waals surface area contributed by atoms with Gasteiger partial charge in [0, 0.05) is 23.6 Å². The lowest BCUT2D eigenvalue weighted by atomic mass is 10.0. The van der Waals surface area contributed by atoms with Crippen LogP contribution in [-0.2, 0) is 9.59 Å². The number of nitrogens with zero attached hydrogens (tertiary/aromatic N) is 1. The van der Waals surface area contributed by atoms with Gasteiger partial charge in [-0.25, -0.2) is 4.98 Å². The van der Waals surface area contributed by atoms with Crippen LogP contribution in [0.4, 0.5) is 10.8 Å². The van der Waals surface area contributed by atoms with Gasteiger partial charge in [-0.15, -0.1) is 11.3 Å². The first-order chi connectivity index (χ1) is 11.3. The van der Waals surface area contributed by atoms with E-state index in [0.717, 1.165) is 16.9 Å². The molecule has 7 heteroatoms. The first kappa shape index (κ1) is 18.1. The third-order valence-electron chi connectivity index (χ3n) is 3.30. The van der Waals surface area contributed by atoms with E-state index in [0.29, 0.717) is 17.5 Å². The second-order valence-electron chi connectivity index (χ2n) is 6.02. The molecule has 0 aliphatic heterocycles. The van der Waals surface area contributed by atoms with Crippen molar-refractivity contribution in [1.29, 1.82) is 0 Å². The lowest BCUT2D eigenvalue weighted by molar-refractivity contribution is -0.117. The maximum absolute atomic E-state index is 12.0. The van der Waals surface area contributed by atoms with Crippen molar-refractivity contribution >= 4 is 34.0 Å². The number of benzene rings is 1. The van der Waals surface area contributed by atoms with Crippen molar-refractivity contribution in [3.8, 4) is 11.3 Å². The highest BCUT2D eigenvalue weighted by molar-refractivity contribution is 7.14. The maximum Gasteiger partial charge on any atom is 0.243 e. The third kappa shape index (κ3) is 5.14. The number of rotatable bonds is 6. The van der Waals surface area contributed by atoms with Crippen molar-refractivity contribution in [2.45, 2.75) is 33.2 Å². The number of carbonyl (C=O) groups is 2. The molecule has 4 N–H and O–H groups in total. The monoisotopic (exact) mass is 346 g/mol. The van der Waals surface area contributed by atoms with Gasteiger partial charge < -0.3 is 16.4 Å². The molecule has 2 rings (SSSR count). The van der Waals surface area contributed by atoms with E-state index in [1.54, 1.807) is 0 Å². The predicted molar refractivity (Wildman–Crippen MR) is 97.9 cm³/mol. The van der Waals surface area contributed by atoms with Crippen molar-refractivity contribution in [3.63, 3.8) is 0 Å². The van der Waals surface area contributed by atoms with Crippen LogP contribution >= 0.6 is 11.3 Å². The minimum Gasteiger partial charge on any atom is -0.326 e. The zero-order chi connectivity index (χ0) is 17.7. The molecule has 0 aliphatic rings. The second-order valence-corrected chi connectivity index (χ2v) is 6.88. The summed E-state index contributed by atoms with van der Waals surface area (Å²) in [6, 6.07) is 6.83. The molecule has 128 valence electrons. The van der Waals surface area contributed by atoms with Gasteiger partial charge in [0.15, 0.2) is 5.13 Å². The summed E-state index contributed by atoms with van der Waals surface area (Å²) >= 11 is 1.36. The summed E-state index contributed by atoms with van der Waals surface area (Å²) < 4.78 is 0. The van der Waals surface area contributed by atoms with Crippen LogP contribution in [0.5, 0.6) is 0 Å². The number of thiazole rings is 1. The lowest BCUT2D eigenvalue weighted by Crippen LogP contribution is -2.36. The Bertz CT molecular complexity index is 710. The van der Waals surface area contributed by atoms with Crippen LogP contribution in [0.2, 0.25) is 0 Å².